The molecule has 12 heteroatoms. The molecule has 0 unspecified atom stereocenters. The molecule has 3 saturated heterocycles. The minimum atomic E-state index is -4.52. The van der Waals surface area contributed by atoms with E-state index >= 15 is 4.39 Å². The Morgan fingerprint density at radius 2 is 1.53 bits per heavy atom. The highest BCUT2D eigenvalue weighted by Gasteiger charge is 2.56. The third-order valence-electron chi connectivity index (χ3n) is 11.5. The topological polar surface area (TPSA) is 82.6 Å². The van der Waals surface area contributed by atoms with Gasteiger partial charge in [-0.15, -0.1) is 0 Å². The Kier molecular flexibility index (Phi) is 10.5. The fourth-order valence-corrected chi connectivity index (χ4v) is 8.56. The summed E-state index contributed by atoms with van der Waals surface area (Å²) in [7, 11) is 3.29. The van der Waals surface area contributed by atoms with Gasteiger partial charge in [0.2, 0.25) is 5.67 Å². The van der Waals surface area contributed by atoms with Crippen LogP contribution in [0.3, 0.4) is 0 Å². The molecule has 49 heavy (non-hydrogen) atoms. The minimum Gasteiger partial charge on any atom is -0.497 e. The van der Waals surface area contributed by atoms with Gasteiger partial charge in [0.15, 0.2) is 0 Å². The van der Waals surface area contributed by atoms with E-state index in [1.54, 1.807) is 31.3 Å². The number of amides is 1. The molecule has 0 bridgehead atoms. The van der Waals surface area contributed by atoms with Crippen molar-refractivity contribution in [2.45, 2.75) is 87.2 Å². The number of anilines is 1. The van der Waals surface area contributed by atoms with Crippen molar-refractivity contribution >= 4 is 17.6 Å². The van der Waals surface area contributed by atoms with E-state index in [0.717, 1.165) is 42.9 Å². The average Bonchev–Trinajstić information content (AvgIpc) is 3.49. The molecule has 0 aromatic heterocycles. The number of hydrogen-bond donors (Lipinski definition) is 1. The Balaban J connectivity index is 1.19. The number of carboxylic acids is 1. The van der Waals surface area contributed by atoms with Crippen molar-refractivity contribution in [3.8, 4) is 5.75 Å². The maximum Gasteiger partial charge on any atom is 0.416 e. The highest BCUT2D eigenvalue weighted by molar-refractivity contribution is 5.87. The van der Waals surface area contributed by atoms with Gasteiger partial charge in [0.25, 0.3) is 5.91 Å². The molecule has 1 saturated carbocycles. The van der Waals surface area contributed by atoms with Gasteiger partial charge in [0.05, 0.1) is 24.7 Å². The molecule has 1 aliphatic carbocycles. The standard InChI is InChI=1S/C37H47F4N3O5/c1-48-29-8-3-25(4-9-29)32-22-44(28-6-10-30(49-2)11-7-28)23-36(32,38)35(47)43-19-13-24(14-20-43)31-12-5-27(37(39,40)41)21-33(31)42-17-15-26(16-18-42)34(45)46/h3-5,8-9,12,21,24,26,28,30,32H,6-7,10-11,13-20,22-23H2,1-2H3,(H,45,46)/t28-,30-,32-,36-/m0/s1. The van der Waals surface area contributed by atoms with Crippen molar-refractivity contribution in [3.63, 3.8) is 0 Å². The lowest BCUT2D eigenvalue weighted by Gasteiger charge is -2.39. The number of piperidine rings is 2. The lowest BCUT2D eigenvalue weighted by molar-refractivity contribution is -0.145. The van der Waals surface area contributed by atoms with Crippen LogP contribution in [0.2, 0.25) is 0 Å². The fourth-order valence-electron chi connectivity index (χ4n) is 8.56. The van der Waals surface area contributed by atoms with Gasteiger partial charge in [0, 0.05) is 64.0 Å². The van der Waals surface area contributed by atoms with Gasteiger partial charge in [-0.05, 0) is 92.7 Å². The molecule has 0 spiro atoms. The number of aliphatic carboxylic acids is 1. The zero-order chi connectivity index (χ0) is 34.9. The Morgan fingerprint density at radius 1 is 0.878 bits per heavy atom. The van der Waals surface area contributed by atoms with Gasteiger partial charge in [-0.3, -0.25) is 14.5 Å². The first kappa shape index (κ1) is 35.4. The van der Waals surface area contributed by atoms with Gasteiger partial charge in [-0.2, -0.15) is 13.2 Å². The van der Waals surface area contributed by atoms with Crippen molar-refractivity contribution in [2.24, 2.45) is 5.92 Å². The minimum absolute atomic E-state index is 0.0140. The number of rotatable bonds is 8. The van der Waals surface area contributed by atoms with E-state index in [1.807, 2.05) is 17.0 Å². The molecule has 3 aliphatic heterocycles. The first-order chi connectivity index (χ1) is 23.4. The summed E-state index contributed by atoms with van der Waals surface area (Å²) in [6, 6.07) is 11.3. The van der Waals surface area contributed by atoms with Gasteiger partial charge in [0.1, 0.15) is 5.75 Å². The van der Waals surface area contributed by atoms with E-state index in [1.165, 1.54) is 12.1 Å². The molecule has 4 fully saturated rings. The van der Waals surface area contributed by atoms with E-state index in [0.29, 0.717) is 69.8 Å². The van der Waals surface area contributed by atoms with Crippen LogP contribution in [0, 0.1) is 5.92 Å². The number of carbonyl (C=O) groups is 2. The summed E-state index contributed by atoms with van der Waals surface area (Å²) in [6.45, 7) is 1.74. The van der Waals surface area contributed by atoms with Crippen LogP contribution in [0.1, 0.15) is 79.9 Å². The quantitative estimate of drug-likeness (QED) is 0.318. The first-order valence-corrected chi connectivity index (χ1v) is 17.5. The molecule has 268 valence electrons. The zero-order valence-electron chi connectivity index (χ0n) is 28.3. The average molecular weight is 690 g/mol. The first-order valence-electron chi connectivity index (χ1n) is 17.5. The van der Waals surface area contributed by atoms with E-state index < -0.39 is 41.1 Å². The second-order valence-corrected chi connectivity index (χ2v) is 14.2. The number of methoxy groups -OCH3 is 2. The monoisotopic (exact) mass is 689 g/mol. The van der Waals surface area contributed by atoms with Crippen LogP contribution in [-0.4, -0.2) is 98.1 Å². The maximum absolute atomic E-state index is 17.5. The van der Waals surface area contributed by atoms with Crippen molar-refractivity contribution in [3.05, 3.63) is 59.2 Å². The molecule has 8 nitrogen and oxygen atoms in total. The number of likely N-dealkylation sites (tertiary alicyclic amines) is 2. The summed E-state index contributed by atoms with van der Waals surface area (Å²) in [4.78, 5) is 31.4. The highest BCUT2D eigenvalue weighted by atomic mass is 19.4. The normalized spacial score (nSPS) is 27.8. The summed E-state index contributed by atoms with van der Waals surface area (Å²) in [6.07, 6.45) is 0.942. The molecule has 2 aromatic rings. The Bertz CT molecular complexity index is 1470. The summed E-state index contributed by atoms with van der Waals surface area (Å²) in [5, 5.41) is 9.43. The van der Waals surface area contributed by atoms with Crippen molar-refractivity contribution < 1.29 is 41.7 Å². The van der Waals surface area contributed by atoms with Crippen LogP contribution in [-0.2, 0) is 20.5 Å². The number of nitrogens with zero attached hydrogens (tertiary/aromatic N) is 3. The van der Waals surface area contributed by atoms with Crippen molar-refractivity contribution in [2.75, 3.05) is 58.4 Å². The molecule has 3 heterocycles. The molecule has 0 radical (unpaired) electrons. The summed E-state index contributed by atoms with van der Waals surface area (Å²) < 4.78 is 69.7. The maximum atomic E-state index is 17.5. The van der Waals surface area contributed by atoms with E-state index in [9.17, 15) is 27.9 Å². The lowest BCUT2D eigenvalue weighted by Crippen LogP contribution is -2.53. The number of hydrogen-bond acceptors (Lipinski definition) is 6. The number of alkyl halides is 4. The van der Waals surface area contributed by atoms with Gasteiger partial charge in [-0.25, -0.2) is 4.39 Å². The fraction of sp³-hybridized carbons (Fsp3) is 0.622. The molecular formula is C37H47F4N3O5. The van der Waals surface area contributed by atoms with E-state index in [4.69, 9.17) is 9.47 Å². The number of benzene rings is 2. The molecular weight excluding hydrogens is 642 g/mol. The third kappa shape index (κ3) is 7.41. The Hall–Kier alpha value is -3.38. The number of halogens is 4. The number of carbonyl (C=O) groups excluding carboxylic acids is 1. The predicted molar refractivity (Wildman–Crippen MR) is 177 cm³/mol. The molecule has 4 aliphatic rings. The summed E-state index contributed by atoms with van der Waals surface area (Å²) in [5.41, 5.74) is -0.892. The molecule has 1 amide bonds. The molecule has 2 atom stereocenters. The van der Waals surface area contributed by atoms with Crippen molar-refractivity contribution in [1.82, 2.24) is 9.80 Å². The van der Waals surface area contributed by atoms with Crippen LogP contribution < -0.4 is 9.64 Å². The predicted octanol–water partition coefficient (Wildman–Crippen LogP) is 6.49. The van der Waals surface area contributed by atoms with E-state index in [2.05, 4.69) is 4.90 Å². The van der Waals surface area contributed by atoms with Crippen LogP contribution in [0.5, 0.6) is 5.75 Å². The van der Waals surface area contributed by atoms with Crippen LogP contribution in [0.25, 0.3) is 0 Å². The molecule has 6 rings (SSSR count). The third-order valence-corrected chi connectivity index (χ3v) is 11.5. The van der Waals surface area contributed by atoms with Gasteiger partial charge >= 0.3 is 12.1 Å². The van der Waals surface area contributed by atoms with Crippen LogP contribution in [0.4, 0.5) is 23.2 Å². The molecule has 1 N–H and O–H groups in total. The SMILES string of the molecule is COc1ccc([C@@H]2CN([C@H]3CC[C@H](OC)CC3)C[C@@]2(F)C(=O)N2CCC(c3ccc(C(F)(F)F)cc3N3CCC(C(=O)O)CC3)CC2)cc1. The van der Waals surface area contributed by atoms with Crippen LogP contribution >= 0.6 is 0 Å². The number of carboxylic acid groups (broad SMARTS) is 1. The number of ether oxygens (including phenoxy) is 2. The zero-order valence-corrected chi connectivity index (χ0v) is 28.3. The lowest BCUT2D eigenvalue weighted by atomic mass is 9.83. The van der Waals surface area contributed by atoms with Crippen LogP contribution in [0.15, 0.2) is 42.5 Å². The Morgan fingerprint density at radius 3 is 2.10 bits per heavy atom. The summed E-state index contributed by atoms with van der Waals surface area (Å²) in [5.74, 6) is -2.04. The van der Waals surface area contributed by atoms with Crippen molar-refractivity contribution in [1.29, 1.82) is 0 Å². The second kappa shape index (κ2) is 14.5. The summed E-state index contributed by atoms with van der Waals surface area (Å²) >= 11 is 0. The van der Waals surface area contributed by atoms with Gasteiger partial charge < -0.3 is 24.4 Å². The Labute approximate surface area is 285 Å². The van der Waals surface area contributed by atoms with E-state index in [-0.39, 0.29) is 24.6 Å². The second-order valence-electron chi connectivity index (χ2n) is 14.2. The van der Waals surface area contributed by atoms with Gasteiger partial charge in [-0.1, -0.05) is 18.2 Å². The highest BCUT2D eigenvalue weighted by Crippen LogP contribution is 2.45. The largest absolute Gasteiger partial charge is 0.497 e. The smallest absolute Gasteiger partial charge is 0.416 e. The molecule has 2 aromatic carbocycles.